The first-order chi connectivity index (χ1) is 9.23. The van der Waals surface area contributed by atoms with E-state index in [2.05, 4.69) is 0 Å². The highest BCUT2D eigenvalue weighted by Crippen LogP contribution is 2.34. The van der Waals surface area contributed by atoms with Gasteiger partial charge < -0.3 is 10.8 Å². The number of nitrogens with zero attached hydrogens (tertiary/aromatic N) is 1. The highest BCUT2D eigenvalue weighted by atomic mass is 35.5. The lowest BCUT2D eigenvalue weighted by atomic mass is 9.98. The van der Waals surface area contributed by atoms with Gasteiger partial charge >= 0.3 is 0 Å². The molecule has 3 N–H and O–H groups in total. The summed E-state index contributed by atoms with van der Waals surface area (Å²) in [5.41, 5.74) is 5.75. The average Bonchev–Trinajstić information content (AvgIpc) is 2.30. The van der Waals surface area contributed by atoms with Gasteiger partial charge in [0, 0.05) is 18.1 Å². The zero-order chi connectivity index (χ0) is 15.1. The van der Waals surface area contributed by atoms with Crippen LogP contribution in [0.15, 0.2) is 17.0 Å². The number of aliphatic hydroxyl groups excluding tert-OH is 1. The van der Waals surface area contributed by atoms with Gasteiger partial charge in [-0.05, 0) is 24.5 Å². The van der Waals surface area contributed by atoms with E-state index >= 15 is 0 Å². The molecule has 0 bridgehead atoms. The summed E-state index contributed by atoms with van der Waals surface area (Å²) in [5, 5.41) is 10.1. The van der Waals surface area contributed by atoms with E-state index in [4.69, 9.17) is 28.9 Å². The molecule has 5 nitrogen and oxygen atoms in total. The maximum Gasteiger partial charge on any atom is 0.246 e. The normalized spacial score (nSPS) is 24.8. The Morgan fingerprint density at radius 3 is 2.60 bits per heavy atom. The molecule has 1 aliphatic heterocycles. The Morgan fingerprint density at radius 2 is 2.05 bits per heavy atom. The fourth-order valence-corrected chi connectivity index (χ4v) is 4.64. The quantitative estimate of drug-likeness (QED) is 0.807. The van der Waals surface area contributed by atoms with Gasteiger partial charge in [0.15, 0.2) is 0 Å². The standard InChI is InChI=1S/C12H16Cl2N2O3S/c1-7-2-3-16(6-11(7)17)20(18,19)12-9(14)4-8(13)5-10(12)15/h4-5,7,11,17H,2-3,6,15H2,1H3. The molecular weight excluding hydrogens is 323 g/mol. The van der Waals surface area contributed by atoms with Gasteiger partial charge in [0.05, 0.1) is 16.8 Å². The number of aliphatic hydroxyl groups is 1. The Bertz CT molecular complexity index is 598. The molecule has 112 valence electrons. The van der Waals surface area contributed by atoms with Crippen molar-refractivity contribution >= 4 is 38.9 Å². The van der Waals surface area contributed by atoms with Gasteiger partial charge in [-0.3, -0.25) is 0 Å². The second-order valence-corrected chi connectivity index (χ2v) is 7.72. The molecule has 0 radical (unpaired) electrons. The van der Waals surface area contributed by atoms with E-state index in [0.717, 1.165) is 0 Å². The van der Waals surface area contributed by atoms with Crippen molar-refractivity contribution in [1.29, 1.82) is 0 Å². The largest absolute Gasteiger partial charge is 0.398 e. The van der Waals surface area contributed by atoms with Crippen LogP contribution < -0.4 is 5.73 Å². The number of sulfonamides is 1. The van der Waals surface area contributed by atoms with Crippen LogP contribution in [0.1, 0.15) is 13.3 Å². The molecule has 0 aliphatic carbocycles. The molecule has 1 aromatic carbocycles. The minimum atomic E-state index is -3.84. The smallest absolute Gasteiger partial charge is 0.246 e. The zero-order valence-electron chi connectivity index (χ0n) is 10.9. The number of anilines is 1. The molecule has 2 rings (SSSR count). The first kappa shape index (κ1) is 15.9. The molecule has 0 saturated carbocycles. The van der Waals surface area contributed by atoms with E-state index in [-0.39, 0.29) is 33.1 Å². The predicted molar refractivity (Wildman–Crippen MR) is 79.4 cm³/mol. The number of nitrogen functional groups attached to an aromatic ring is 1. The van der Waals surface area contributed by atoms with Gasteiger partial charge in [-0.1, -0.05) is 30.1 Å². The van der Waals surface area contributed by atoms with Gasteiger partial charge in [0.25, 0.3) is 0 Å². The maximum atomic E-state index is 12.6. The summed E-state index contributed by atoms with van der Waals surface area (Å²) in [4.78, 5) is -0.148. The van der Waals surface area contributed by atoms with Crippen LogP contribution >= 0.6 is 23.2 Å². The van der Waals surface area contributed by atoms with Crippen molar-refractivity contribution in [3.63, 3.8) is 0 Å². The van der Waals surface area contributed by atoms with E-state index in [1.165, 1.54) is 16.4 Å². The SMILES string of the molecule is CC1CCN(S(=O)(=O)c2c(N)cc(Cl)cc2Cl)CC1O. The highest BCUT2D eigenvalue weighted by molar-refractivity contribution is 7.89. The Morgan fingerprint density at radius 1 is 1.40 bits per heavy atom. The molecule has 1 aliphatic rings. The van der Waals surface area contributed by atoms with E-state index in [1.54, 1.807) is 0 Å². The topological polar surface area (TPSA) is 83.6 Å². The number of hydrogen-bond acceptors (Lipinski definition) is 4. The maximum absolute atomic E-state index is 12.6. The van der Waals surface area contributed by atoms with Gasteiger partial charge in [0.2, 0.25) is 10.0 Å². The molecule has 1 fully saturated rings. The first-order valence-electron chi connectivity index (χ1n) is 6.16. The highest BCUT2D eigenvalue weighted by Gasteiger charge is 2.35. The third-order valence-corrected chi connectivity index (χ3v) is 6.13. The third kappa shape index (κ3) is 2.89. The number of rotatable bonds is 2. The molecule has 0 spiro atoms. The van der Waals surface area contributed by atoms with Crippen LogP contribution in [-0.2, 0) is 10.0 Å². The van der Waals surface area contributed by atoms with Crippen molar-refractivity contribution < 1.29 is 13.5 Å². The van der Waals surface area contributed by atoms with Gasteiger partial charge in [-0.15, -0.1) is 0 Å². The fourth-order valence-electron chi connectivity index (χ4n) is 2.22. The van der Waals surface area contributed by atoms with Gasteiger partial charge in [-0.2, -0.15) is 4.31 Å². The molecule has 8 heteroatoms. The summed E-state index contributed by atoms with van der Waals surface area (Å²) in [6, 6.07) is 2.69. The van der Waals surface area contributed by atoms with Crippen molar-refractivity contribution in [1.82, 2.24) is 4.31 Å². The monoisotopic (exact) mass is 338 g/mol. The van der Waals surface area contributed by atoms with Crippen LogP contribution in [0.2, 0.25) is 10.0 Å². The summed E-state index contributed by atoms with van der Waals surface area (Å²) in [5.74, 6) is 0.0690. The summed E-state index contributed by atoms with van der Waals surface area (Å²) < 4.78 is 26.4. The van der Waals surface area contributed by atoms with Crippen LogP contribution in [0.5, 0.6) is 0 Å². The molecule has 0 amide bonds. The predicted octanol–water partition coefficient (Wildman–Crippen LogP) is 1.97. The molecule has 1 aromatic rings. The number of nitrogens with two attached hydrogens (primary N) is 1. The second kappa shape index (κ2) is 5.69. The van der Waals surface area contributed by atoms with Crippen LogP contribution in [0.4, 0.5) is 5.69 Å². The Hall–Kier alpha value is -0.530. The van der Waals surface area contributed by atoms with Crippen LogP contribution in [0.25, 0.3) is 0 Å². The van der Waals surface area contributed by atoms with Gasteiger partial charge in [0.1, 0.15) is 4.90 Å². The summed E-state index contributed by atoms with van der Waals surface area (Å²) in [7, 11) is -3.84. The van der Waals surface area contributed by atoms with Crippen LogP contribution in [0, 0.1) is 5.92 Å². The van der Waals surface area contributed by atoms with Crippen molar-refractivity contribution in [3.05, 3.63) is 22.2 Å². The number of halogens is 2. The van der Waals surface area contributed by atoms with Crippen molar-refractivity contribution in [3.8, 4) is 0 Å². The first-order valence-corrected chi connectivity index (χ1v) is 8.36. The molecular formula is C12H16Cl2N2O3S. The zero-order valence-corrected chi connectivity index (χ0v) is 13.2. The summed E-state index contributed by atoms with van der Waals surface area (Å²) in [6.45, 7) is 2.26. The summed E-state index contributed by atoms with van der Waals surface area (Å²) in [6.07, 6.45) is -0.100. The number of β-amino-alcohol motifs (C(OH)–C–C–N with tert-alkyl or cyclic N) is 1. The fraction of sp³-hybridized carbons (Fsp3) is 0.500. The number of benzene rings is 1. The van der Waals surface area contributed by atoms with E-state index in [0.29, 0.717) is 13.0 Å². The summed E-state index contributed by atoms with van der Waals surface area (Å²) >= 11 is 11.8. The molecule has 20 heavy (non-hydrogen) atoms. The number of piperidine rings is 1. The van der Waals surface area contributed by atoms with Gasteiger partial charge in [-0.25, -0.2) is 8.42 Å². The lowest BCUT2D eigenvalue weighted by Crippen LogP contribution is -2.45. The Labute approximate surface area is 128 Å². The molecule has 1 saturated heterocycles. The lowest BCUT2D eigenvalue weighted by Gasteiger charge is -2.33. The van der Waals surface area contributed by atoms with E-state index in [1.807, 2.05) is 6.92 Å². The molecule has 0 aromatic heterocycles. The van der Waals surface area contributed by atoms with E-state index in [9.17, 15) is 13.5 Å². The lowest BCUT2D eigenvalue weighted by molar-refractivity contribution is 0.0605. The Kier molecular flexibility index (Phi) is 4.51. The Balaban J connectivity index is 2.41. The minimum absolute atomic E-state index is 0.00983. The van der Waals surface area contributed by atoms with Crippen LogP contribution in [0.3, 0.4) is 0 Å². The van der Waals surface area contributed by atoms with Crippen molar-refractivity contribution in [2.24, 2.45) is 5.92 Å². The van der Waals surface area contributed by atoms with Crippen LogP contribution in [-0.4, -0.2) is 37.0 Å². The molecule has 2 unspecified atom stereocenters. The van der Waals surface area contributed by atoms with Crippen molar-refractivity contribution in [2.75, 3.05) is 18.8 Å². The van der Waals surface area contributed by atoms with Crippen molar-refractivity contribution in [2.45, 2.75) is 24.3 Å². The molecule has 1 heterocycles. The van der Waals surface area contributed by atoms with E-state index < -0.39 is 16.1 Å². The second-order valence-electron chi connectivity index (χ2n) is 5.00. The minimum Gasteiger partial charge on any atom is -0.398 e. The number of hydrogen-bond donors (Lipinski definition) is 2. The average molecular weight is 339 g/mol. The third-order valence-electron chi connectivity index (χ3n) is 3.52. The molecule has 2 atom stereocenters.